The minimum Gasteiger partial charge on any atom is -0.350 e. The Morgan fingerprint density at radius 1 is 0.930 bits per heavy atom. The van der Waals surface area contributed by atoms with Gasteiger partial charge in [-0.25, -0.2) is 13.2 Å². The van der Waals surface area contributed by atoms with Crippen LogP contribution in [0, 0.1) is 17.3 Å². The van der Waals surface area contributed by atoms with Crippen LogP contribution < -0.4 is 27.4 Å². The molecule has 0 bridgehead atoms. The van der Waals surface area contributed by atoms with E-state index in [2.05, 4.69) is 20.9 Å². The lowest BCUT2D eigenvalue weighted by Crippen LogP contribution is -2.64. The Hall–Kier alpha value is -0.980. The number of hydrogen-bond acceptors (Lipinski definition) is 7. The number of nitrogens with one attached hydrogen (secondary N) is 3. The van der Waals surface area contributed by atoms with Crippen molar-refractivity contribution in [3.8, 4) is 0 Å². The van der Waals surface area contributed by atoms with E-state index in [4.69, 9.17) is 11.5 Å². The van der Waals surface area contributed by atoms with Gasteiger partial charge in [-0.1, -0.05) is 25.7 Å². The van der Waals surface area contributed by atoms with Gasteiger partial charge in [0.15, 0.2) is 0 Å². The van der Waals surface area contributed by atoms with Gasteiger partial charge in [0.05, 0.1) is 24.7 Å². The van der Waals surface area contributed by atoms with Crippen molar-refractivity contribution in [3.63, 3.8) is 0 Å². The molecule has 43 heavy (non-hydrogen) atoms. The minimum atomic E-state index is -2.54. The Morgan fingerprint density at radius 2 is 1.65 bits per heavy atom. The zero-order valence-electron chi connectivity index (χ0n) is 26.2. The second kappa shape index (κ2) is 15.1. The molecular formula is C32H58F3N7O. The van der Waals surface area contributed by atoms with E-state index in [0.717, 1.165) is 77.5 Å². The summed E-state index contributed by atoms with van der Waals surface area (Å²) in [6, 6.07) is -0.139. The maximum atomic E-state index is 14.8. The highest BCUT2D eigenvalue weighted by molar-refractivity contribution is 5.80. The van der Waals surface area contributed by atoms with Crippen LogP contribution in [-0.4, -0.2) is 104 Å². The molecule has 5 unspecified atom stereocenters. The van der Waals surface area contributed by atoms with Crippen LogP contribution in [0.15, 0.2) is 0 Å². The Morgan fingerprint density at radius 3 is 2.33 bits per heavy atom. The highest BCUT2D eigenvalue weighted by Gasteiger charge is 2.43. The molecule has 1 aliphatic carbocycles. The van der Waals surface area contributed by atoms with Crippen molar-refractivity contribution < 1.29 is 18.0 Å². The van der Waals surface area contributed by atoms with Crippen molar-refractivity contribution in [1.29, 1.82) is 0 Å². The summed E-state index contributed by atoms with van der Waals surface area (Å²) >= 11 is 0. The largest absolute Gasteiger partial charge is 0.350 e. The molecule has 11 heteroatoms. The molecular weight excluding hydrogens is 555 g/mol. The smallest absolute Gasteiger partial charge is 0.261 e. The number of carbonyl (C=O) groups excluding carboxylic acids is 1. The normalized spacial score (nSPS) is 34.3. The fourth-order valence-corrected chi connectivity index (χ4v) is 9.04. The lowest BCUT2D eigenvalue weighted by Gasteiger charge is -2.45. The van der Waals surface area contributed by atoms with E-state index < -0.39 is 24.2 Å². The van der Waals surface area contributed by atoms with E-state index in [1.165, 1.54) is 25.7 Å². The summed E-state index contributed by atoms with van der Waals surface area (Å²) in [6.07, 6.45) is 11.5. The van der Waals surface area contributed by atoms with Gasteiger partial charge in [-0.05, 0) is 88.8 Å². The van der Waals surface area contributed by atoms with Crippen LogP contribution in [0.4, 0.5) is 13.2 Å². The molecule has 4 heterocycles. The number of nitrogens with zero attached hydrogens (tertiary/aromatic N) is 2. The first-order chi connectivity index (χ1) is 20.6. The summed E-state index contributed by atoms with van der Waals surface area (Å²) in [7, 11) is 0. The van der Waals surface area contributed by atoms with Gasteiger partial charge in [0.2, 0.25) is 5.91 Å². The van der Waals surface area contributed by atoms with Crippen LogP contribution in [0.3, 0.4) is 0 Å². The zero-order chi connectivity index (χ0) is 30.5. The predicted octanol–water partition coefficient (Wildman–Crippen LogP) is 2.96. The number of alkyl halides is 3. The fraction of sp³-hybridized carbons (Fsp3) is 0.969. The number of likely N-dealkylation sites (tertiary alicyclic amines) is 2. The van der Waals surface area contributed by atoms with Crippen molar-refractivity contribution in [3.05, 3.63) is 0 Å². The number of carbonyl (C=O) groups is 1. The van der Waals surface area contributed by atoms with Crippen molar-refractivity contribution in [2.24, 2.45) is 28.7 Å². The van der Waals surface area contributed by atoms with Gasteiger partial charge < -0.3 is 27.4 Å². The van der Waals surface area contributed by atoms with Gasteiger partial charge in [-0.3, -0.25) is 14.6 Å². The topological polar surface area (TPSA) is 112 Å². The third-order valence-corrected chi connectivity index (χ3v) is 11.5. The van der Waals surface area contributed by atoms with E-state index in [-0.39, 0.29) is 49.0 Å². The molecule has 0 aromatic carbocycles. The molecule has 5 aliphatic rings. The molecule has 1 amide bonds. The van der Waals surface area contributed by atoms with Crippen molar-refractivity contribution in [1.82, 2.24) is 25.8 Å². The molecule has 8 nitrogen and oxygen atoms in total. The third kappa shape index (κ3) is 9.06. The van der Waals surface area contributed by atoms with Crippen LogP contribution >= 0.6 is 0 Å². The molecule has 5 atom stereocenters. The van der Waals surface area contributed by atoms with E-state index in [9.17, 15) is 18.0 Å². The standard InChI is InChI=1S/C32H58F3N7O/c33-24-6-5-12-31(10-3-1-2-4-11-31)18-25(39-19-24)28(29(36)37)30(43)40-26-20-38-14-7-27(26)42-15-8-23(9-16-42)21-41-17-13-32(34,35)22-41/h23-29,38-39H,1-22,36-37H2,(H,40,43). The number of halogens is 3. The number of hydrogen-bond donors (Lipinski definition) is 5. The zero-order valence-corrected chi connectivity index (χ0v) is 26.2. The number of amides is 1. The maximum Gasteiger partial charge on any atom is 0.261 e. The van der Waals surface area contributed by atoms with Crippen LogP contribution in [0.2, 0.25) is 0 Å². The van der Waals surface area contributed by atoms with Crippen LogP contribution in [0.1, 0.15) is 89.9 Å². The SMILES string of the molecule is NC(N)C(C(=O)NC1CNCCC1N1CCC(CN2CCC(F)(F)C2)CC1)C1CC2(CCCCCC2)CCCC(F)CN1. The van der Waals surface area contributed by atoms with Crippen molar-refractivity contribution in [2.75, 3.05) is 52.4 Å². The molecule has 5 rings (SSSR count). The summed E-state index contributed by atoms with van der Waals surface area (Å²) in [5, 5.41) is 10.3. The Kier molecular flexibility index (Phi) is 11.7. The van der Waals surface area contributed by atoms with Gasteiger partial charge in [0.25, 0.3) is 5.92 Å². The number of rotatable bonds is 7. The monoisotopic (exact) mass is 613 g/mol. The molecule has 0 radical (unpaired) electrons. The summed E-state index contributed by atoms with van der Waals surface area (Å²) in [5.41, 5.74) is 12.8. The van der Waals surface area contributed by atoms with Gasteiger partial charge in [-0.15, -0.1) is 0 Å². The Bertz CT molecular complexity index is 879. The van der Waals surface area contributed by atoms with Crippen molar-refractivity contribution in [2.45, 2.75) is 126 Å². The second-order valence-corrected chi connectivity index (χ2v) is 14.7. The highest BCUT2D eigenvalue weighted by Crippen LogP contribution is 2.45. The van der Waals surface area contributed by atoms with Crippen molar-refractivity contribution >= 4 is 5.91 Å². The van der Waals surface area contributed by atoms with Crippen LogP contribution in [0.5, 0.6) is 0 Å². The summed E-state index contributed by atoms with van der Waals surface area (Å²) in [6.45, 7) is 4.76. The quantitative estimate of drug-likeness (QED) is 0.281. The van der Waals surface area contributed by atoms with Crippen LogP contribution in [0.25, 0.3) is 0 Å². The lowest BCUT2D eigenvalue weighted by atomic mass is 9.70. The van der Waals surface area contributed by atoms with E-state index in [0.29, 0.717) is 25.4 Å². The second-order valence-electron chi connectivity index (χ2n) is 14.7. The first kappa shape index (κ1) is 33.4. The van der Waals surface area contributed by atoms with Gasteiger partial charge in [0, 0.05) is 44.7 Å². The number of nitrogens with two attached hydrogens (primary N) is 2. The lowest BCUT2D eigenvalue weighted by molar-refractivity contribution is -0.128. The first-order valence-corrected chi connectivity index (χ1v) is 17.4. The summed E-state index contributed by atoms with van der Waals surface area (Å²) in [5.74, 6) is -2.88. The molecule has 1 spiro atoms. The highest BCUT2D eigenvalue weighted by atomic mass is 19.3. The van der Waals surface area contributed by atoms with Gasteiger partial charge >= 0.3 is 0 Å². The molecule has 0 aromatic heterocycles. The predicted molar refractivity (Wildman–Crippen MR) is 164 cm³/mol. The van der Waals surface area contributed by atoms with E-state index in [1.54, 1.807) is 0 Å². The third-order valence-electron chi connectivity index (χ3n) is 11.5. The fourth-order valence-electron chi connectivity index (χ4n) is 9.04. The molecule has 4 saturated heterocycles. The molecule has 1 saturated carbocycles. The Labute approximate surface area is 257 Å². The van der Waals surface area contributed by atoms with E-state index in [1.807, 2.05) is 4.90 Å². The van der Waals surface area contributed by atoms with Crippen LogP contribution in [-0.2, 0) is 4.79 Å². The molecule has 4 aliphatic heterocycles. The molecule has 7 N–H and O–H groups in total. The number of piperidine rings is 2. The molecule has 5 fully saturated rings. The molecule has 0 aromatic rings. The summed E-state index contributed by atoms with van der Waals surface area (Å²) in [4.78, 5) is 18.5. The van der Waals surface area contributed by atoms with E-state index >= 15 is 0 Å². The maximum absolute atomic E-state index is 14.8. The first-order valence-electron chi connectivity index (χ1n) is 17.4. The minimum absolute atomic E-state index is 0.0263. The Balaban J connectivity index is 1.22. The average Bonchev–Trinajstić information content (AvgIpc) is 3.18. The summed E-state index contributed by atoms with van der Waals surface area (Å²) < 4.78 is 42.2. The average molecular weight is 614 g/mol. The molecule has 248 valence electrons. The van der Waals surface area contributed by atoms with Gasteiger partial charge in [-0.2, -0.15) is 0 Å². The van der Waals surface area contributed by atoms with Gasteiger partial charge in [0.1, 0.15) is 6.17 Å².